The predicted octanol–water partition coefficient (Wildman–Crippen LogP) is -0.0102. The number of hydrogen-bond acceptors (Lipinski definition) is 7. The molecule has 0 aromatic carbocycles. The Labute approximate surface area is 133 Å². The lowest BCUT2D eigenvalue weighted by Gasteiger charge is -2.12. The summed E-state index contributed by atoms with van der Waals surface area (Å²) in [5, 5.41) is 24.2. The number of amides is 2. The number of unbranched alkanes of at least 4 members (excludes halogenated alkanes) is 3. The fourth-order valence-corrected chi connectivity index (χ4v) is 1.70. The SMILES string of the molecule is O=C(O)CCCCCCC(=O)ON1C(=O)CCC1=O.OCCO. The molecule has 0 aromatic rings. The lowest BCUT2D eigenvalue weighted by molar-refractivity contribution is -0.197. The lowest BCUT2D eigenvalue weighted by Crippen LogP contribution is -2.31. The molecule has 0 aromatic heterocycles. The number of imide groups is 1. The third-order valence-corrected chi connectivity index (χ3v) is 2.82. The van der Waals surface area contributed by atoms with Crippen molar-refractivity contribution >= 4 is 23.8 Å². The maximum Gasteiger partial charge on any atom is 0.333 e. The van der Waals surface area contributed by atoms with E-state index >= 15 is 0 Å². The third-order valence-electron chi connectivity index (χ3n) is 2.82. The van der Waals surface area contributed by atoms with E-state index in [1.807, 2.05) is 0 Å². The summed E-state index contributed by atoms with van der Waals surface area (Å²) in [7, 11) is 0. The molecule has 23 heavy (non-hydrogen) atoms. The summed E-state index contributed by atoms with van der Waals surface area (Å²) < 4.78 is 0. The van der Waals surface area contributed by atoms with Crippen LogP contribution in [-0.2, 0) is 24.0 Å². The fourth-order valence-electron chi connectivity index (χ4n) is 1.70. The fraction of sp³-hybridized carbons (Fsp3) is 0.714. The van der Waals surface area contributed by atoms with E-state index < -0.39 is 23.8 Å². The van der Waals surface area contributed by atoms with Gasteiger partial charge in [-0.15, -0.1) is 5.06 Å². The van der Waals surface area contributed by atoms with Crippen molar-refractivity contribution < 1.29 is 39.3 Å². The molecule has 1 aliphatic heterocycles. The summed E-state index contributed by atoms with van der Waals surface area (Å²) >= 11 is 0. The number of carbonyl (C=O) groups is 4. The highest BCUT2D eigenvalue weighted by molar-refractivity contribution is 6.01. The number of nitrogens with zero attached hydrogens (tertiary/aromatic N) is 1. The van der Waals surface area contributed by atoms with Crippen molar-refractivity contribution in [2.75, 3.05) is 13.2 Å². The Morgan fingerprint density at radius 3 is 1.83 bits per heavy atom. The summed E-state index contributed by atoms with van der Waals surface area (Å²) in [4.78, 5) is 48.6. The van der Waals surface area contributed by atoms with Crippen molar-refractivity contribution in [3.8, 4) is 0 Å². The van der Waals surface area contributed by atoms with Crippen LogP contribution in [0.15, 0.2) is 0 Å². The molecule has 1 heterocycles. The molecular formula is C14H23NO8. The second kappa shape index (κ2) is 12.5. The van der Waals surface area contributed by atoms with E-state index in [9.17, 15) is 19.2 Å². The van der Waals surface area contributed by atoms with Crippen LogP contribution in [0.25, 0.3) is 0 Å². The number of carbonyl (C=O) groups excluding carboxylic acids is 3. The number of carboxylic acid groups (broad SMARTS) is 1. The molecule has 0 saturated carbocycles. The van der Waals surface area contributed by atoms with Crippen LogP contribution in [0.3, 0.4) is 0 Å². The monoisotopic (exact) mass is 333 g/mol. The zero-order valence-corrected chi connectivity index (χ0v) is 12.9. The highest BCUT2D eigenvalue weighted by Gasteiger charge is 2.32. The number of aliphatic hydroxyl groups is 2. The first-order chi connectivity index (χ1) is 10.9. The molecule has 2 amide bonds. The van der Waals surface area contributed by atoms with Gasteiger partial charge >= 0.3 is 11.9 Å². The number of hydroxylamine groups is 2. The highest BCUT2D eigenvalue weighted by Crippen LogP contribution is 2.13. The van der Waals surface area contributed by atoms with Crippen LogP contribution in [0, 0.1) is 0 Å². The average molecular weight is 333 g/mol. The molecule has 0 unspecified atom stereocenters. The molecule has 1 aliphatic rings. The van der Waals surface area contributed by atoms with Gasteiger partial charge in [-0.2, -0.15) is 0 Å². The number of hydrogen-bond donors (Lipinski definition) is 3. The molecule has 1 fully saturated rings. The molecule has 0 atom stereocenters. The maximum absolute atomic E-state index is 11.4. The first kappa shape index (κ1) is 21.0. The van der Waals surface area contributed by atoms with Gasteiger partial charge in [0, 0.05) is 25.7 Å². The van der Waals surface area contributed by atoms with E-state index in [1.54, 1.807) is 0 Å². The molecule has 0 spiro atoms. The summed E-state index contributed by atoms with van der Waals surface area (Å²) in [6.45, 7) is -0.250. The zero-order valence-electron chi connectivity index (χ0n) is 12.9. The lowest BCUT2D eigenvalue weighted by atomic mass is 10.1. The number of aliphatic hydroxyl groups excluding tert-OH is 2. The van der Waals surface area contributed by atoms with Gasteiger partial charge in [-0.05, 0) is 12.8 Å². The zero-order chi connectivity index (χ0) is 17.7. The van der Waals surface area contributed by atoms with E-state index in [4.69, 9.17) is 15.3 Å². The van der Waals surface area contributed by atoms with Crippen LogP contribution in [0.5, 0.6) is 0 Å². The summed E-state index contributed by atoms with van der Waals surface area (Å²) in [5.74, 6) is -2.41. The first-order valence-corrected chi connectivity index (χ1v) is 7.42. The Bertz CT molecular complexity index is 392. The van der Waals surface area contributed by atoms with Gasteiger partial charge < -0.3 is 20.2 Å². The molecule has 3 N–H and O–H groups in total. The predicted molar refractivity (Wildman–Crippen MR) is 76.7 cm³/mol. The van der Waals surface area contributed by atoms with Crippen LogP contribution >= 0.6 is 0 Å². The van der Waals surface area contributed by atoms with Crippen molar-refractivity contribution in [1.82, 2.24) is 5.06 Å². The molecule has 0 radical (unpaired) electrons. The molecule has 132 valence electrons. The molecule has 9 nitrogen and oxygen atoms in total. The van der Waals surface area contributed by atoms with Crippen LogP contribution < -0.4 is 0 Å². The Balaban J connectivity index is 0.00000108. The Morgan fingerprint density at radius 1 is 0.913 bits per heavy atom. The Kier molecular flexibility index (Phi) is 11.4. The van der Waals surface area contributed by atoms with Gasteiger partial charge in [0.2, 0.25) is 0 Å². The average Bonchev–Trinajstić information content (AvgIpc) is 2.82. The van der Waals surface area contributed by atoms with Gasteiger partial charge in [0.1, 0.15) is 0 Å². The van der Waals surface area contributed by atoms with Crippen molar-refractivity contribution in [3.63, 3.8) is 0 Å². The van der Waals surface area contributed by atoms with Gasteiger partial charge in [-0.1, -0.05) is 12.8 Å². The van der Waals surface area contributed by atoms with Crippen LogP contribution in [0.4, 0.5) is 0 Å². The van der Waals surface area contributed by atoms with Crippen molar-refractivity contribution in [3.05, 3.63) is 0 Å². The van der Waals surface area contributed by atoms with Crippen LogP contribution in [0.2, 0.25) is 0 Å². The van der Waals surface area contributed by atoms with Crippen LogP contribution in [-0.4, -0.2) is 57.3 Å². The second-order valence-electron chi connectivity index (χ2n) is 4.80. The number of carboxylic acids is 1. The quantitative estimate of drug-likeness (QED) is 0.395. The van der Waals surface area contributed by atoms with Gasteiger partial charge in [-0.3, -0.25) is 14.4 Å². The normalized spacial score (nSPS) is 13.6. The van der Waals surface area contributed by atoms with Crippen molar-refractivity contribution in [1.29, 1.82) is 0 Å². The standard InChI is InChI=1S/C12H17NO6.C2H6O2/c14-9-7-8-10(15)13(9)19-12(18)6-4-2-1-3-5-11(16)17;3-1-2-4/h1-8H2,(H,16,17);3-4H,1-2H2. The van der Waals surface area contributed by atoms with E-state index in [-0.39, 0.29) is 38.9 Å². The minimum atomic E-state index is -0.828. The summed E-state index contributed by atoms with van der Waals surface area (Å²) in [5.41, 5.74) is 0. The Hall–Kier alpha value is -2.00. The van der Waals surface area contributed by atoms with E-state index in [0.29, 0.717) is 24.3 Å². The molecule has 0 aliphatic carbocycles. The minimum Gasteiger partial charge on any atom is -0.481 e. The molecule has 9 heteroatoms. The molecular weight excluding hydrogens is 310 g/mol. The first-order valence-electron chi connectivity index (χ1n) is 7.42. The van der Waals surface area contributed by atoms with Crippen molar-refractivity contribution in [2.45, 2.75) is 51.4 Å². The van der Waals surface area contributed by atoms with E-state index in [0.717, 1.165) is 6.42 Å². The largest absolute Gasteiger partial charge is 0.481 e. The molecule has 0 bridgehead atoms. The Morgan fingerprint density at radius 2 is 1.39 bits per heavy atom. The van der Waals surface area contributed by atoms with E-state index in [1.165, 1.54) is 0 Å². The number of aliphatic carboxylic acids is 1. The van der Waals surface area contributed by atoms with E-state index in [2.05, 4.69) is 4.84 Å². The summed E-state index contributed by atoms with van der Waals surface area (Å²) in [6, 6.07) is 0. The van der Waals surface area contributed by atoms with Crippen LogP contribution in [0.1, 0.15) is 51.4 Å². The number of rotatable bonds is 9. The third kappa shape index (κ3) is 10.4. The highest BCUT2D eigenvalue weighted by atomic mass is 16.7. The smallest absolute Gasteiger partial charge is 0.333 e. The summed E-state index contributed by atoms with van der Waals surface area (Å²) in [6.07, 6.45) is 2.97. The molecule has 1 rings (SSSR count). The minimum absolute atomic E-state index is 0.0846. The van der Waals surface area contributed by atoms with Gasteiger partial charge in [0.25, 0.3) is 11.8 Å². The van der Waals surface area contributed by atoms with Crippen molar-refractivity contribution in [2.24, 2.45) is 0 Å². The van der Waals surface area contributed by atoms with Gasteiger partial charge in [0.15, 0.2) is 0 Å². The van der Waals surface area contributed by atoms with Gasteiger partial charge in [-0.25, -0.2) is 4.79 Å². The topological polar surface area (TPSA) is 141 Å². The maximum atomic E-state index is 11.4. The van der Waals surface area contributed by atoms with Gasteiger partial charge in [0.05, 0.1) is 13.2 Å². The second-order valence-corrected chi connectivity index (χ2v) is 4.80. The molecule has 1 saturated heterocycles.